The van der Waals surface area contributed by atoms with E-state index in [1.807, 2.05) is 0 Å². The first-order valence-corrected chi connectivity index (χ1v) is 10.3. The van der Waals surface area contributed by atoms with E-state index in [1.165, 1.54) is 11.3 Å². The van der Waals surface area contributed by atoms with Crippen molar-refractivity contribution in [3.8, 4) is 0 Å². The third-order valence-electron chi connectivity index (χ3n) is 4.06. The Kier molecular flexibility index (Phi) is 5.15. The Morgan fingerprint density at radius 1 is 1.52 bits per heavy atom. The highest BCUT2D eigenvalue weighted by atomic mass is 79.9. The molecule has 2 rings (SSSR count). The van der Waals surface area contributed by atoms with Crippen molar-refractivity contribution in [1.82, 2.24) is 4.72 Å². The van der Waals surface area contributed by atoms with Crippen molar-refractivity contribution in [2.75, 3.05) is 0 Å². The van der Waals surface area contributed by atoms with Crippen LogP contribution in [0.2, 0.25) is 0 Å². The fourth-order valence-corrected chi connectivity index (χ4v) is 6.84. The Hall–Kier alpha value is -0.0200. The lowest BCUT2D eigenvalue weighted by molar-refractivity contribution is 0.289. The Balaban J connectivity index is 2.33. The summed E-state index contributed by atoms with van der Waals surface area (Å²) < 4.78 is 29.0. The van der Waals surface area contributed by atoms with Crippen molar-refractivity contribution in [3.05, 3.63) is 14.7 Å². The number of hydrogen-bond acceptors (Lipinski definition) is 4. The molecule has 0 amide bonds. The molecule has 1 aromatic rings. The van der Waals surface area contributed by atoms with Gasteiger partial charge < -0.3 is 5.73 Å². The van der Waals surface area contributed by atoms with E-state index in [1.54, 1.807) is 13.0 Å². The molecule has 3 N–H and O–H groups in total. The van der Waals surface area contributed by atoms with Crippen molar-refractivity contribution in [1.29, 1.82) is 0 Å². The Morgan fingerprint density at radius 2 is 2.10 bits per heavy atom. The molecule has 1 heterocycles. The van der Waals surface area contributed by atoms with E-state index in [0.29, 0.717) is 23.7 Å². The van der Waals surface area contributed by atoms with Gasteiger partial charge in [0, 0.05) is 4.88 Å². The van der Waals surface area contributed by atoms with Gasteiger partial charge in [-0.1, -0.05) is 19.1 Å². The molecule has 1 saturated carbocycles. The maximum atomic E-state index is 12.7. The molecule has 21 heavy (non-hydrogen) atoms. The molecule has 1 aliphatic carbocycles. The molecule has 0 saturated heterocycles. The molecular weight excluding hydrogens is 392 g/mol. The fourth-order valence-electron chi connectivity index (χ4n) is 2.66. The van der Waals surface area contributed by atoms with Crippen molar-refractivity contribution in [2.24, 2.45) is 11.7 Å². The highest BCUT2D eigenvalue weighted by Crippen LogP contribution is 2.35. The van der Waals surface area contributed by atoms with E-state index >= 15 is 0 Å². The van der Waals surface area contributed by atoms with Gasteiger partial charge in [-0.05, 0) is 60.5 Å². The minimum atomic E-state index is -3.63. The second-order valence-corrected chi connectivity index (χ2v) is 10.4. The summed E-state index contributed by atoms with van der Waals surface area (Å²) in [6.45, 7) is 3.96. The van der Waals surface area contributed by atoms with E-state index in [-0.39, 0.29) is 4.99 Å². The molecule has 0 aliphatic heterocycles. The second kappa shape index (κ2) is 6.23. The lowest BCUT2D eigenvalue weighted by Gasteiger charge is -2.38. The smallest absolute Gasteiger partial charge is 0.242 e. The molecule has 118 valence electrons. The van der Waals surface area contributed by atoms with E-state index in [2.05, 4.69) is 27.6 Å². The summed E-state index contributed by atoms with van der Waals surface area (Å²) in [5.74, 6) is 0.578. The van der Waals surface area contributed by atoms with Gasteiger partial charge in [0.2, 0.25) is 10.0 Å². The number of thiophene rings is 1. The first-order valence-electron chi connectivity index (χ1n) is 6.76. The zero-order valence-corrected chi connectivity index (χ0v) is 16.0. The summed E-state index contributed by atoms with van der Waals surface area (Å²) in [5, 5.41) is 0. The van der Waals surface area contributed by atoms with Gasteiger partial charge in [-0.3, -0.25) is 0 Å². The van der Waals surface area contributed by atoms with Crippen LogP contribution in [0.5, 0.6) is 0 Å². The Morgan fingerprint density at radius 3 is 2.52 bits per heavy atom. The summed E-state index contributed by atoms with van der Waals surface area (Å²) in [6.07, 6.45) is 3.17. The maximum absolute atomic E-state index is 12.7. The highest BCUT2D eigenvalue weighted by molar-refractivity contribution is 9.11. The van der Waals surface area contributed by atoms with E-state index in [4.69, 9.17) is 18.0 Å². The molecule has 1 fully saturated rings. The van der Waals surface area contributed by atoms with Gasteiger partial charge >= 0.3 is 0 Å². The number of nitrogens with two attached hydrogens (primary N) is 1. The number of halogens is 1. The lowest BCUT2D eigenvalue weighted by Crippen LogP contribution is -2.58. The predicted octanol–water partition coefficient (Wildman–Crippen LogP) is 3.33. The molecule has 1 aliphatic rings. The van der Waals surface area contributed by atoms with Crippen LogP contribution in [0.15, 0.2) is 14.7 Å². The van der Waals surface area contributed by atoms with Crippen molar-refractivity contribution in [3.63, 3.8) is 0 Å². The minimum absolute atomic E-state index is 0.241. The Bertz CT molecular complexity index is 646. The maximum Gasteiger partial charge on any atom is 0.242 e. The standard InChI is InChI=1S/C13H19BrN2O2S3/c1-8-3-5-13(6-4-8,12(15)19)16-21(17,18)10-7-11(14)20-9(10)2/h7-8,16H,3-6H2,1-2H3,(H2,15,19). The van der Waals surface area contributed by atoms with Crippen molar-refractivity contribution >= 4 is 54.5 Å². The monoisotopic (exact) mass is 410 g/mol. The third kappa shape index (κ3) is 3.67. The van der Waals surface area contributed by atoms with Crippen molar-refractivity contribution in [2.45, 2.75) is 50.0 Å². The first kappa shape index (κ1) is 17.3. The van der Waals surface area contributed by atoms with Gasteiger partial charge in [-0.25, -0.2) is 8.42 Å². The van der Waals surface area contributed by atoms with Crippen LogP contribution < -0.4 is 10.5 Å². The molecule has 0 unspecified atom stereocenters. The highest BCUT2D eigenvalue weighted by Gasteiger charge is 2.41. The predicted molar refractivity (Wildman–Crippen MR) is 94.2 cm³/mol. The van der Waals surface area contributed by atoms with E-state index in [0.717, 1.165) is 21.5 Å². The van der Waals surface area contributed by atoms with Gasteiger partial charge in [0.1, 0.15) is 0 Å². The quantitative estimate of drug-likeness (QED) is 0.746. The fraction of sp³-hybridized carbons (Fsp3) is 0.615. The van der Waals surface area contributed by atoms with E-state index in [9.17, 15) is 8.42 Å². The zero-order chi connectivity index (χ0) is 15.8. The van der Waals surface area contributed by atoms with Crippen LogP contribution >= 0.6 is 39.5 Å². The van der Waals surface area contributed by atoms with Crippen molar-refractivity contribution < 1.29 is 8.42 Å². The van der Waals surface area contributed by atoms with Crippen LogP contribution in [0.4, 0.5) is 0 Å². The summed E-state index contributed by atoms with van der Waals surface area (Å²) in [7, 11) is -3.63. The lowest BCUT2D eigenvalue weighted by atomic mass is 9.78. The molecule has 0 bridgehead atoms. The zero-order valence-electron chi connectivity index (χ0n) is 12.0. The number of aryl methyl sites for hydroxylation is 1. The van der Waals surface area contributed by atoms with Crippen LogP contribution in [-0.2, 0) is 10.0 Å². The van der Waals surface area contributed by atoms with Crippen LogP contribution in [0.1, 0.15) is 37.5 Å². The topological polar surface area (TPSA) is 72.2 Å². The molecule has 1 aromatic heterocycles. The van der Waals surface area contributed by atoms with Gasteiger partial charge in [0.25, 0.3) is 0 Å². The molecule has 8 heteroatoms. The van der Waals surface area contributed by atoms with Gasteiger partial charge in [-0.2, -0.15) is 4.72 Å². The van der Waals surface area contributed by atoms with Gasteiger partial charge in [0.05, 0.1) is 19.2 Å². The number of thiocarbonyl (C=S) groups is 1. The molecule has 0 spiro atoms. The van der Waals surface area contributed by atoms with Gasteiger partial charge in [0.15, 0.2) is 0 Å². The SMILES string of the molecule is Cc1sc(Br)cc1S(=O)(=O)NC1(C(N)=S)CCC(C)CC1. The van der Waals surface area contributed by atoms with Crippen LogP contribution in [-0.4, -0.2) is 18.9 Å². The minimum Gasteiger partial charge on any atom is -0.392 e. The normalized spacial score (nSPS) is 26.7. The van der Waals surface area contributed by atoms with Crippen LogP contribution in [0, 0.1) is 12.8 Å². The van der Waals surface area contributed by atoms with E-state index < -0.39 is 15.6 Å². The third-order valence-corrected chi connectivity index (χ3v) is 7.80. The number of rotatable bonds is 4. The Labute approximate surface area is 143 Å². The van der Waals surface area contributed by atoms with Gasteiger partial charge in [-0.15, -0.1) is 11.3 Å². The summed E-state index contributed by atoms with van der Waals surface area (Å²) in [5.41, 5.74) is 5.08. The van der Waals surface area contributed by atoms with Crippen LogP contribution in [0.3, 0.4) is 0 Å². The average Bonchev–Trinajstić information content (AvgIpc) is 2.72. The second-order valence-electron chi connectivity index (χ2n) is 5.71. The summed E-state index contributed by atoms with van der Waals surface area (Å²) in [4.78, 5) is 1.29. The first-order chi connectivity index (χ1) is 9.66. The molecule has 4 nitrogen and oxygen atoms in total. The number of sulfonamides is 1. The summed E-state index contributed by atoms with van der Waals surface area (Å²) >= 11 is 9.89. The largest absolute Gasteiger partial charge is 0.392 e. The number of nitrogens with one attached hydrogen (secondary N) is 1. The van der Waals surface area contributed by atoms with Crippen LogP contribution in [0.25, 0.3) is 0 Å². The number of hydrogen-bond donors (Lipinski definition) is 2. The average molecular weight is 411 g/mol. The molecular formula is C13H19BrN2O2S3. The molecule has 0 aromatic carbocycles. The molecule has 0 atom stereocenters. The summed E-state index contributed by atoms with van der Waals surface area (Å²) in [6, 6.07) is 1.63. The molecule has 0 radical (unpaired) electrons.